The van der Waals surface area contributed by atoms with Crippen LogP contribution in [0.25, 0.3) is 0 Å². The molecule has 0 aliphatic carbocycles. The van der Waals surface area contributed by atoms with Crippen molar-refractivity contribution in [1.82, 2.24) is 9.88 Å². The normalized spacial score (nSPS) is 36.1. The van der Waals surface area contributed by atoms with Gasteiger partial charge in [0.1, 0.15) is 17.9 Å². The number of rotatable bonds is 4. The molecule has 10 atom stereocenters. The second-order valence-corrected chi connectivity index (χ2v) is 16.4. The van der Waals surface area contributed by atoms with Gasteiger partial charge in [0.2, 0.25) is 5.79 Å². The van der Waals surface area contributed by atoms with Crippen molar-refractivity contribution in [3.05, 3.63) is 77.7 Å². The van der Waals surface area contributed by atoms with E-state index in [1.54, 1.807) is 33.4 Å². The highest BCUT2D eigenvalue weighted by Gasteiger charge is 2.53. The number of fused-ring (bicyclic) bond motifs is 3. The van der Waals surface area contributed by atoms with Crippen molar-refractivity contribution in [1.29, 1.82) is 0 Å². The monoisotopic (exact) mass is 776 g/mol. The maximum Gasteiger partial charge on any atom is 0.329 e. The number of allylic oxidation sites excluding steroid dienone is 5. The van der Waals surface area contributed by atoms with Crippen molar-refractivity contribution in [3.63, 3.8) is 0 Å². The molecule has 2 N–H and O–H groups in total. The molecule has 11 heteroatoms. The standard InChI is InChI=1S/C45H64N2O9/c1-29-13-9-8-10-14-31(3)41(54-7)27-36-18-17-34(6)45(53,56-36)42(50)43(51)47-24-12-11-15-37(47)44(52)55-40(33(5)26-35-20-22-46-23-21-35)19-16-30(2)38(48)28-39(49)32(4)25-29/h8-10,13-14,16,20-23,29,32-34,36-38,40-41,48,53H,11-12,15,17-19,24-28H2,1-7H3/b10-8+,13-9+,30-16+,31-14+/t29-,32-,33-,34-,36+,37+,38+,40?,41+,45-/m1/s1. The minimum Gasteiger partial charge on any atom is -0.460 e. The van der Waals surface area contributed by atoms with Crippen molar-refractivity contribution in [3.8, 4) is 0 Å². The summed E-state index contributed by atoms with van der Waals surface area (Å²) in [7, 11) is 1.60. The van der Waals surface area contributed by atoms with Crippen LogP contribution in [0, 0.1) is 23.7 Å². The predicted octanol–water partition coefficient (Wildman–Crippen LogP) is 6.42. The Kier molecular flexibility index (Phi) is 16.9. The van der Waals surface area contributed by atoms with Crippen molar-refractivity contribution < 1.29 is 43.6 Å². The van der Waals surface area contributed by atoms with Crippen LogP contribution in [0.2, 0.25) is 0 Å². The zero-order chi connectivity index (χ0) is 41.0. The molecule has 4 rings (SSSR count). The summed E-state index contributed by atoms with van der Waals surface area (Å²) in [6.07, 6.45) is 16.8. The summed E-state index contributed by atoms with van der Waals surface area (Å²) in [5, 5.41) is 22.9. The highest BCUT2D eigenvalue weighted by molar-refractivity contribution is 6.39. The molecule has 0 saturated carbocycles. The molecule has 2 bridgehead atoms. The molecular weight excluding hydrogens is 712 g/mol. The number of aliphatic hydroxyl groups excluding tert-OH is 1. The highest BCUT2D eigenvalue weighted by atomic mass is 16.6. The Hall–Kier alpha value is -3.77. The fourth-order valence-electron chi connectivity index (χ4n) is 7.95. The highest BCUT2D eigenvalue weighted by Crippen LogP contribution is 2.36. The largest absolute Gasteiger partial charge is 0.460 e. The summed E-state index contributed by atoms with van der Waals surface area (Å²) in [5.41, 5.74) is 2.53. The van der Waals surface area contributed by atoms with E-state index in [9.17, 15) is 29.4 Å². The summed E-state index contributed by atoms with van der Waals surface area (Å²) >= 11 is 0. The number of amides is 1. The Morgan fingerprint density at radius 1 is 0.982 bits per heavy atom. The van der Waals surface area contributed by atoms with Gasteiger partial charge in [-0.25, -0.2) is 4.79 Å². The number of piperidine rings is 1. The Morgan fingerprint density at radius 3 is 2.43 bits per heavy atom. The summed E-state index contributed by atoms with van der Waals surface area (Å²) in [6.45, 7) is 11.5. The average molecular weight is 777 g/mol. The minimum absolute atomic E-state index is 0.0235. The quantitative estimate of drug-likeness (QED) is 0.199. The van der Waals surface area contributed by atoms with Gasteiger partial charge in [-0.05, 0) is 99.5 Å². The number of carbonyl (C=O) groups excluding carboxylic acids is 4. The number of hydrogen-bond acceptors (Lipinski definition) is 10. The third kappa shape index (κ3) is 12.1. The molecule has 2 fully saturated rings. The maximum atomic E-state index is 14.1. The molecule has 0 spiro atoms. The van der Waals surface area contributed by atoms with Crippen LogP contribution in [-0.2, 0) is 39.8 Å². The number of hydrogen-bond donors (Lipinski definition) is 2. The van der Waals surface area contributed by atoms with E-state index in [-0.39, 0.29) is 49.0 Å². The molecule has 1 amide bonds. The van der Waals surface area contributed by atoms with Crippen LogP contribution >= 0.6 is 0 Å². The van der Waals surface area contributed by atoms with Crippen molar-refractivity contribution >= 4 is 23.4 Å². The lowest BCUT2D eigenvalue weighted by molar-refractivity contribution is -0.265. The predicted molar refractivity (Wildman–Crippen MR) is 214 cm³/mol. The fourth-order valence-corrected chi connectivity index (χ4v) is 7.95. The van der Waals surface area contributed by atoms with Crippen LogP contribution in [0.5, 0.6) is 0 Å². The summed E-state index contributed by atoms with van der Waals surface area (Å²) in [5.74, 6) is -6.03. The Bertz CT molecular complexity index is 1620. The van der Waals surface area contributed by atoms with Gasteiger partial charge in [-0.3, -0.25) is 19.4 Å². The van der Waals surface area contributed by atoms with E-state index in [2.05, 4.69) is 11.9 Å². The first-order valence-corrected chi connectivity index (χ1v) is 20.4. The molecule has 1 unspecified atom stereocenters. The van der Waals surface area contributed by atoms with Gasteiger partial charge in [0.15, 0.2) is 0 Å². The number of aliphatic hydroxyl groups is 2. The number of pyridine rings is 1. The van der Waals surface area contributed by atoms with Crippen molar-refractivity contribution in [2.24, 2.45) is 23.7 Å². The molecular formula is C45H64N2O9. The lowest BCUT2D eigenvalue weighted by Crippen LogP contribution is -2.61. The van der Waals surface area contributed by atoms with Gasteiger partial charge in [-0.15, -0.1) is 0 Å². The van der Waals surface area contributed by atoms with Crippen molar-refractivity contribution in [2.75, 3.05) is 13.7 Å². The summed E-state index contributed by atoms with van der Waals surface area (Å²) in [6, 6.07) is 2.78. The van der Waals surface area contributed by atoms with E-state index < -0.39 is 53.7 Å². The van der Waals surface area contributed by atoms with E-state index in [0.717, 1.165) is 11.1 Å². The maximum absolute atomic E-state index is 14.1. The first kappa shape index (κ1) is 44.9. The molecule has 2 saturated heterocycles. The Labute approximate surface area is 333 Å². The lowest BCUT2D eigenvalue weighted by atomic mass is 9.85. The summed E-state index contributed by atoms with van der Waals surface area (Å²) < 4.78 is 18.1. The summed E-state index contributed by atoms with van der Waals surface area (Å²) in [4.78, 5) is 60.7. The number of esters is 1. The zero-order valence-corrected chi connectivity index (χ0v) is 34.4. The first-order chi connectivity index (χ1) is 26.6. The molecule has 4 heterocycles. The minimum atomic E-state index is -2.36. The van der Waals surface area contributed by atoms with Gasteiger partial charge >= 0.3 is 5.97 Å². The van der Waals surface area contributed by atoms with Crippen LogP contribution in [-0.4, -0.2) is 93.4 Å². The number of aromatic nitrogens is 1. The molecule has 0 radical (unpaired) electrons. The van der Waals surface area contributed by atoms with Crippen LogP contribution < -0.4 is 0 Å². The molecule has 0 aromatic carbocycles. The Morgan fingerprint density at radius 2 is 1.71 bits per heavy atom. The molecule has 3 aliphatic rings. The smallest absolute Gasteiger partial charge is 0.329 e. The number of carbonyl (C=O) groups is 4. The van der Waals surface area contributed by atoms with E-state index >= 15 is 0 Å². The average Bonchev–Trinajstić information content (AvgIpc) is 3.18. The van der Waals surface area contributed by atoms with Gasteiger partial charge in [-0.2, -0.15) is 0 Å². The lowest BCUT2D eigenvalue weighted by Gasteiger charge is -2.42. The van der Waals surface area contributed by atoms with Crippen LogP contribution in [0.15, 0.2) is 72.1 Å². The number of cyclic esters (lactones) is 1. The van der Waals surface area contributed by atoms with E-state index in [1.165, 1.54) is 4.90 Å². The number of ether oxygens (including phenoxy) is 3. The van der Waals surface area contributed by atoms with Gasteiger partial charge in [0, 0.05) is 57.1 Å². The van der Waals surface area contributed by atoms with Crippen LogP contribution in [0.3, 0.4) is 0 Å². The SMILES string of the molecule is CO[C@H]1C[C@@H]2CC[C@@H](C)[C@@](O)(O2)C(=O)C(=O)N2CCCC[C@H]2C(=O)OC([C@H](C)Cc2ccncc2)C/C=C(\C)[C@@H](O)CC(=O)[C@H](C)C[C@H](C)/C=C/C=C/C=C/1C. The van der Waals surface area contributed by atoms with Crippen LogP contribution in [0.1, 0.15) is 105 Å². The van der Waals surface area contributed by atoms with Gasteiger partial charge < -0.3 is 29.3 Å². The van der Waals surface area contributed by atoms with Gasteiger partial charge in [0.25, 0.3) is 11.7 Å². The number of methoxy groups -OCH3 is 1. The van der Waals surface area contributed by atoms with Gasteiger partial charge in [-0.1, -0.05) is 64.2 Å². The first-order valence-electron chi connectivity index (χ1n) is 20.4. The second-order valence-electron chi connectivity index (χ2n) is 16.4. The number of Topliss-reactive ketones (excluding diaryl/α,β-unsaturated/α-hetero) is 2. The number of ketones is 2. The van der Waals surface area contributed by atoms with E-state index in [1.807, 2.05) is 69.4 Å². The third-order valence-corrected chi connectivity index (χ3v) is 11.9. The van der Waals surface area contributed by atoms with E-state index in [0.29, 0.717) is 56.9 Å². The third-order valence-electron chi connectivity index (χ3n) is 11.9. The fraction of sp³-hybridized carbons (Fsp3) is 0.622. The molecule has 3 aliphatic heterocycles. The second kappa shape index (κ2) is 21.1. The molecule has 56 heavy (non-hydrogen) atoms. The molecule has 308 valence electrons. The molecule has 11 nitrogen and oxygen atoms in total. The number of nitrogens with zero attached hydrogens (tertiary/aromatic N) is 2. The Balaban J connectivity index is 1.66. The van der Waals surface area contributed by atoms with Gasteiger partial charge in [0.05, 0.1) is 18.3 Å². The van der Waals surface area contributed by atoms with E-state index in [4.69, 9.17) is 14.2 Å². The topological polar surface area (TPSA) is 153 Å². The molecule has 1 aromatic heterocycles. The van der Waals surface area contributed by atoms with Crippen molar-refractivity contribution in [2.45, 2.75) is 142 Å². The van der Waals surface area contributed by atoms with Crippen LogP contribution in [0.4, 0.5) is 0 Å². The molecule has 1 aromatic rings. The zero-order valence-electron chi connectivity index (χ0n) is 34.4.